The number of benzene rings is 1. The Balaban J connectivity index is 1.99. The third-order valence-corrected chi connectivity index (χ3v) is 4.96. The number of alkyl halides is 3. The third kappa shape index (κ3) is 3.87. The zero-order valence-electron chi connectivity index (χ0n) is 15.6. The standard InChI is InChI=1S/C18H21F3N2O5/c1-10(24)22-6-7-23(14(25)9-22)15-12-8-11(27-18(19,20)21)4-5-13(12)28-17(2,3)16(15)26/h4-5,8,15-16,26H,6-7,9H2,1-3H3. The second-order valence-corrected chi connectivity index (χ2v) is 7.37. The van der Waals surface area contributed by atoms with Gasteiger partial charge < -0.3 is 24.4 Å². The lowest BCUT2D eigenvalue weighted by Gasteiger charge is -2.48. The lowest BCUT2D eigenvalue weighted by atomic mass is 9.85. The van der Waals surface area contributed by atoms with Crippen LogP contribution in [0.1, 0.15) is 32.4 Å². The average molecular weight is 402 g/mol. The van der Waals surface area contributed by atoms with Gasteiger partial charge in [-0.05, 0) is 32.0 Å². The summed E-state index contributed by atoms with van der Waals surface area (Å²) in [6.45, 7) is 4.85. The molecule has 0 radical (unpaired) electrons. The molecule has 10 heteroatoms. The topological polar surface area (TPSA) is 79.3 Å². The molecule has 1 saturated heterocycles. The Hall–Kier alpha value is -2.49. The minimum absolute atomic E-state index is 0.139. The van der Waals surface area contributed by atoms with Crippen molar-refractivity contribution in [3.05, 3.63) is 23.8 Å². The molecule has 1 aromatic carbocycles. The van der Waals surface area contributed by atoms with Crippen molar-refractivity contribution >= 4 is 11.8 Å². The first-order valence-corrected chi connectivity index (χ1v) is 8.71. The van der Waals surface area contributed by atoms with Crippen LogP contribution in [-0.2, 0) is 9.59 Å². The van der Waals surface area contributed by atoms with E-state index in [9.17, 15) is 27.9 Å². The van der Waals surface area contributed by atoms with Crippen LogP contribution < -0.4 is 9.47 Å². The highest BCUT2D eigenvalue weighted by Gasteiger charge is 2.48. The summed E-state index contributed by atoms with van der Waals surface area (Å²) in [6, 6.07) is 2.63. The number of aliphatic hydroxyl groups excluding tert-OH is 1. The molecule has 154 valence electrons. The molecule has 2 heterocycles. The number of fused-ring (bicyclic) bond motifs is 1. The SMILES string of the molecule is CC(=O)N1CCN(C2c3cc(OC(F)(F)F)ccc3OC(C)(C)C2O)C(=O)C1. The molecule has 0 spiro atoms. The zero-order valence-corrected chi connectivity index (χ0v) is 15.6. The van der Waals surface area contributed by atoms with Gasteiger partial charge in [0.15, 0.2) is 0 Å². The highest BCUT2D eigenvalue weighted by Crippen LogP contribution is 2.45. The van der Waals surface area contributed by atoms with Gasteiger partial charge in [0.25, 0.3) is 0 Å². The summed E-state index contributed by atoms with van der Waals surface area (Å²) in [6.07, 6.45) is -6.07. The van der Waals surface area contributed by atoms with E-state index in [1.807, 2.05) is 0 Å². The second-order valence-electron chi connectivity index (χ2n) is 7.37. The lowest BCUT2D eigenvalue weighted by molar-refractivity contribution is -0.274. The number of aliphatic hydroxyl groups is 1. The number of halogens is 3. The first-order valence-electron chi connectivity index (χ1n) is 8.71. The number of piperazine rings is 1. The van der Waals surface area contributed by atoms with Gasteiger partial charge in [-0.3, -0.25) is 9.59 Å². The van der Waals surface area contributed by atoms with Crippen molar-refractivity contribution in [1.29, 1.82) is 0 Å². The van der Waals surface area contributed by atoms with Crippen molar-refractivity contribution in [3.63, 3.8) is 0 Å². The van der Waals surface area contributed by atoms with Crippen LogP contribution in [0.3, 0.4) is 0 Å². The Morgan fingerprint density at radius 2 is 2.00 bits per heavy atom. The largest absolute Gasteiger partial charge is 0.573 e. The number of rotatable bonds is 2. The van der Waals surface area contributed by atoms with E-state index in [0.717, 1.165) is 12.1 Å². The van der Waals surface area contributed by atoms with Gasteiger partial charge in [0.05, 0.1) is 12.6 Å². The Morgan fingerprint density at radius 1 is 1.32 bits per heavy atom. The number of carbonyl (C=O) groups is 2. The van der Waals surface area contributed by atoms with Gasteiger partial charge in [-0.1, -0.05) is 0 Å². The number of amides is 2. The molecule has 3 rings (SSSR count). The van der Waals surface area contributed by atoms with Crippen LogP contribution in [0.5, 0.6) is 11.5 Å². The summed E-state index contributed by atoms with van der Waals surface area (Å²) in [4.78, 5) is 26.9. The maximum absolute atomic E-state index is 12.7. The smallest absolute Gasteiger partial charge is 0.485 e. The number of nitrogens with zero attached hydrogens (tertiary/aromatic N) is 2. The molecular formula is C18H21F3N2O5. The molecule has 0 aliphatic carbocycles. The summed E-state index contributed by atoms with van der Waals surface area (Å²) in [5.74, 6) is -0.864. The number of ether oxygens (including phenoxy) is 2. The monoisotopic (exact) mass is 402 g/mol. The molecule has 2 aliphatic heterocycles. The van der Waals surface area contributed by atoms with Crippen LogP contribution in [-0.4, -0.2) is 64.4 Å². The Morgan fingerprint density at radius 3 is 2.57 bits per heavy atom. The molecule has 1 fully saturated rings. The minimum Gasteiger partial charge on any atom is -0.485 e. The molecule has 2 unspecified atom stereocenters. The van der Waals surface area contributed by atoms with Crippen LogP contribution >= 0.6 is 0 Å². The fraction of sp³-hybridized carbons (Fsp3) is 0.556. The van der Waals surface area contributed by atoms with Crippen molar-refractivity contribution < 1.29 is 37.3 Å². The molecule has 28 heavy (non-hydrogen) atoms. The summed E-state index contributed by atoms with van der Waals surface area (Å²) in [5.41, 5.74) is -0.861. The lowest BCUT2D eigenvalue weighted by Crippen LogP contribution is -2.59. The molecular weight excluding hydrogens is 381 g/mol. The molecule has 0 saturated carbocycles. The van der Waals surface area contributed by atoms with Gasteiger partial charge in [-0.15, -0.1) is 13.2 Å². The average Bonchev–Trinajstić information content (AvgIpc) is 2.55. The quantitative estimate of drug-likeness (QED) is 0.817. The fourth-order valence-electron chi connectivity index (χ4n) is 3.53. The van der Waals surface area contributed by atoms with Gasteiger partial charge in [0.2, 0.25) is 11.8 Å². The minimum atomic E-state index is -4.87. The van der Waals surface area contributed by atoms with Crippen LogP contribution in [0.2, 0.25) is 0 Å². The number of hydrogen-bond acceptors (Lipinski definition) is 5. The van der Waals surface area contributed by atoms with Crippen molar-refractivity contribution in [3.8, 4) is 11.5 Å². The van der Waals surface area contributed by atoms with E-state index in [1.165, 1.54) is 22.8 Å². The summed E-state index contributed by atoms with van der Waals surface area (Å²) >= 11 is 0. The summed E-state index contributed by atoms with van der Waals surface area (Å²) in [7, 11) is 0. The van der Waals surface area contributed by atoms with E-state index < -0.39 is 35.8 Å². The van der Waals surface area contributed by atoms with Crippen molar-refractivity contribution in [1.82, 2.24) is 9.80 Å². The van der Waals surface area contributed by atoms with Gasteiger partial charge >= 0.3 is 6.36 Å². The van der Waals surface area contributed by atoms with Crippen molar-refractivity contribution in [2.45, 2.75) is 44.9 Å². The Kier molecular flexibility index (Phi) is 4.95. The molecule has 2 amide bonds. The third-order valence-electron chi connectivity index (χ3n) is 4.96. The maximum atomic E-state index is 12.7. The molecule has 1 N–H and O–H groups in total. The van der Waals surface area contributed by atoms with Gasteiger partial charge in [-0.25, -0.2) is 0 Å². The van der Waals surface area contributed by atoms with E-state index >= 15 is 0 Å². The number of hydrogen-bond donors (Lipinski definition) is 1. The van der Waals surface area contributed by atoms with E-state index in [-0.39, 0.29) is 36.9 Å². The molecule has 2 atom stereocenters. The van der Waals surface area contributed by atoms with E-state index in [1.54, 1.807) is 13.8 Å². The maximum Gasteiger partial charge on any atom is 0.573 e. The van der Waals surface area contributed by atoms with E-state index in [4.69, 9.17) is 4.74 Å². The van der Waals surface area contributed by atoms with Gasteiger partial charge in [-0.2, -0.15) is 0 Å². The van der Waals surface area contributed by atoms with E-state index in [2.05, 4.69) is 4.74 Å². The van der Waals surface area contributed by atoms with Crippen LogP contribution in [0.15, 0.2) is 18.2 Å². The molecule has 0 bridgehead atoms. The molecule has 1 aromatic rings. The summed E-state index contributed by atoms with van der Waals surface area (Å²) < 4.78 is 47.5. The first kappa shape index (κ1) is 20.2. The Labute approximate surface area is 159 Å². The predicted octanol–water partition coefficient (Wildman–Crippen LogP) is 1.85. The highest BCUT2D eigenvalue weighted by molar-refractivity contribution is 5.85. The normalized spacial score (nSPS) is 24.5. The van der Waals surface area contributed by atoms with Crippen LogP contribution in [0, 0.1) is 0 Å². The van der Waals surface area contributed by atoms with Crippen LogP contribution in [0.25, 0.3) is 0 Å². The van der Waals surface area contributed by atoms with Gasteiger partial charge in [0, 0.05) is 25.6 Å². The van der Waals surface area contributed by atoms with Gasteiger partial charge in [0.1, 0.15) is 23.2 Å². The second kappa shape index (κ2) is 6.84. The molecule has 2 aliphatic rings. The van der Waals surface area contributed by atoms with Crippen molar-refractivity contribution in [2.24, 2.45) is 0 Å². The number of carbonyl (C=O) groups excluding carboxylic acids is 2. The molecule has 7 nitrogen and oxygen atoms in total. The molecule has 0 aromatic heterocycles. The van der Waals surface area contributed by atoms with Crippen molar-refractivity contribution in [2.75, 3.05) is 19.6 Å². The van der Waals surface area contributed by atoms with E-state index in [0.29, 0.717) is 0 Å². The first-order chi connectivity index (χ1) is 12.9. The zero-order chi connectivity index (χ0) is 20.9. The fourth-order valence-corrected chi connectivity index (χ4v) is 3.53. The Bertz CT molecular complexity index is 796. The summed E-state index contributed by atoms with van der Waals surface area (Å²) in [5, 5.41) is 10.8. The van der Waals surface area contributed by atoms with Crippen LogP contribution in [0.4, 0.5) is 13.2 Å². The predicted molar refractivity (Wildman–Crippen MR) is 90.5 cm³/mol. The highest BCUT2D eigenvalue weighted by atomic mass is 19.4.